The van der Waals surface area contributed by atoms with E-state index in [-0.39, 0.29) is 0 Å². The van der Waals surface area contributed by atoms with Gasteiger partial charge in [0.05, 0.1) is 16.5 Å². The summed E-state index contributed by atoms with van der Waals surface area (Å²) in [5.74, 6) is 0.286. The van der Waals surface area contributed by atoms with Gasteiger partial charge in [-0.15, -0.1) is 11.8 Å². The molecule has 1 aromatic heterocycles. The van der Waals surface area contributed by atoms with E-state index < -0.39 is 5.97 Å². The Morgan fingerprint density at radius 2 is 2.00 bits per heavy atom. The number of nitrogens with zero attached hydrogens (tertiary/aromatic N) is 1. The first-order valence-electron chi connectivity index (χ1n) is 8.19. The van der Waals surface area contributed by atoms with Crippen LogP contribution in [0.25, 0.3) is 0 Å². The quantitative estimate of drug-likeness (QED) is 0.872. The number of pyridine rings is 1. The van der Waals surface area contributed by atoms with E-state index in [0.29, 0.717) is 22.6 Å². The van der Waals surface area contributed by atoms with E-state index in [1.54, 1.807) is 17.8 Å². The Morgan fingerprint density at radius 1 is 1.17 bits per heavy atom. The van der Waals surface area contributed by atoms with Crippen molar-refractivity contribution in [3.63, 3.8) is 0 Å². The van der Waals surface area contributed by atoms with Crippen LogP contribution < -0.4 is 0 Å². The molecule has 0 saturated heterocycles. The van der Waals surface area contributed by atoms with Crippen molar-refractivity contribution < 1.29 is 9.90 Å². The SMILES string of the molecule is O=C(O)c1ccc2c(c1)SC(c1ccccn1)C2C1CCCC1. The molecule has 2 unspecified atom stereocenters. The third-order valence-electron chi connectivity index (χ3n) is 5.09. The molecule has 0 radical (unpaired) electrons. The van der Waals surface area contributed by atoms with Crippen LogP contribution in [0.15, 0.2) is 47.5 Å². The summed E-state index contributed by atoms with van der Waals surface area (Å²) in [5.41, 5.74) is 2.81. The van der Waals surface area contributed by atoms with Crippen LogP contribution in [0.2, 0.25) is 0 Å². The molecule has 1 fully saturated rings. The molecule has 1 aliphatic carbocycles. The zero-order valence-electron chi connectivity index (χ0n) is 12.8. The highest BCUT2D eigenvalue weighted by atomic mass is 32.2. The largest absolute Gasteiger partial charge is 0.478 e. The fourth-order valence-corrected chi connectivity index (χ4v) is 5.61. The summed E-state index contributed by atoms with van der Waals surface area (Å²) in [5, 5.41) is 9.56. The standard InChI is InChI=1S/C19H19NO2S/c21-19(22)13-8-9-14-16(11-13)23-18(15-7-3-4-10-20-15)17(14)12-5-1-2-6-12/h3-4,7-12,17-18H,1-2,5-6H2,(H,21,22). The van der Waals surface area contributed by atoms with Gasteiger partial charge in [-0.25, -0.2) is 4.79 Å². The monoisotopic (exact) mass is 325 g/mol. The molecule has 4 rings (SSSR count). The van der Waals surface area contributed by atoms with Crippen LogP contribution in [0.3, 0.4) is 0 Å². The molecule has 2 heterocycles. The minimum atomic E-state index is -0.855. The average molecular weight is 325 g/mol. The van der Waals surface area contributed by atoms with Gasteiger partial charge < -0.3 is 5.11 Å². The molecule has 118 valence electrons. The maximum absolute atomic E-state index is 11.3. The minimum absolute atomic E-state index is 0.304. The van der Waals surface area contributed by atoms with Gasteiger partial charge >= 0.3 is 5.97 Å². The first-order valence-corrected chi connectivity index (χ1v) is 9.07. The lowest BCUT2D eigenvalue weighted by molar-refractivity contribution is 0.0696. The van der Waals surface area contributed by atoms with E-state index >= 15 is 0 Å². The third kappa shape index (κ3) is 2.65. The molecule has 1 aromatic carbocycles. The Morgan fingerprint density at radius 3 is 2.70 bits per heavy atom. The van der Waals surface area contributed by atoms with E-state index in [4.69, 9.17) is 0 Å². The molecule has 3 nitrogen and oxygen atoms in total. The van der Waals surface area contributed by atoms with Crippen LogP contribution in [-0.4, -0.2) is 16.1 Å². The Labute approximate surface area is 140 Å². The van der Waals surface area contributed by atoms with Gasteiger partial charge in [0.1, 0.15) is 0 Å². The summed E-state index contributed by atoms with van der Waals surface area (Å²) in [7, 11) is 0. The topological polar surface area (TPSA) is 50.2 Å². The Bertz CT molecular complexity index is 725. The highest BCUT2D eigenvalue weighted by Crippen LogP contribution is 2.59. The van der Waals surface area contributed by atoms with E-state index in [1.807, 2.05) is 30.5 Å². The Kier molecular flexibility index (Phi) is 3.85. The zero-order valence-corrected chi connectivity index (χ0v) is 13.6. The van der Waals surface area contributed by atoms with Gasteiger partial charge in [-0.05, 0) is 48.6 Å². The number of aromatic carboxylic acids is 1. The highest BCUT2D eigenvalue weighted by molar-refractivity contribution is 8.00. The maximum Gasteiger partial charge on any atom is 0.335 e. The van der Waals surface area contributed by atoms with Crippen LogP contribution >= 0.6 is 11.8 Å². The number of hydrogen-bond acceptors (Lipinski definition) is 3. The van der Waals surface area contributed by atoms with E-state index in [0.717, 1.165) is 10.6 Å². The Hall–Kier alpha value is -1.81. The Balaban J connectivity index is 1.76. The van der Waals surface area contributed by atoms with Crippen molar-refractivity contribution in [2.75, 3.05) is 0 Å². The van der Waals surface area contributed by atoms with Crippen LogP contribution in [0, 0.1) is 5.92 Å². The molecule has 2 aliphatic rings. The zero-order chi connectivity index (χ0) is 15.8. The molecule has 1 saturated carbocycles. The molecular weight excluding hydrogens is 306 g/mol. The molecule has 23 heavy (non-hydrogen) atoms. The fourth-order valence-electron chi connectivity index (χ4n) is 4.02. The summed E-state index contributed by atoms with van der Waals surface area (Å²) in [6, 6.07) is 11.7. The number of carboxylic acids is 1. The van der Waals surface area contributed by atoms with Crippen LogP contribution in [0.1, 0.15) is 58.5 Å². The molecule has 2 atom stereocenters. The first-order chi connectivity index (χ1) is 11.2. The second-order valence-electron chi connectivity index (χ2n) is 6.42. The number of carbonyl (C=O) groups is 1. The molecule has 0 bridgehead atoms. The summed E-state index contributed by atoms with van der Waals surface area (Å²) < 4.78 is 0. The number of rotatable bonds is 3. The number of fused-ring (bicyclic) bond motifs is 1. The number of carboxylic acid groups (broad SMARTS) is 1. The highest BCUT2D eigenvalue weighted by Gasteiger charge is 2.41. The summed E-state index contributed by atoms with van der Waals surface area (Å²) in [6.07, 6.45) is 7.02. The van der Waals surface area contributed by atoms with Crippen molar-refractivity contribution in [3.8, 4) is 0 Å². The number of benzene rings is 1. The second kappa shape index (κ2) is 6.00. The van der Waals surface area contributed by atoms with Crippen molar-refractivity contribution in [3.05, 3.63) is 59.4 Å². The van der Waals surface area contributed by atoms with Crippen molar-refractivity contribution >= 4 is 17.7 Å². The summed E-state index contributed by atoms with van der Waals surface area (Å²) >= 11 is 1.79. The normalized spacial score (nSPS) is 23.8. The van der Waals surface area contributed by atoms with E-state index in [2.05, 4.69) is 11.1 Å². The molecule has 2 aromatic rings. The van der Waals surface area contributed by atoms with Gasteiger partial charge in [-0.1, -0.05) is 25.0 Å². The van der Waals surface area contributed by atoms with Gasteiger partial charge in [-0.3, -0.25) is 4.98 Å². The van der Waals surface area contributed by atoms with Crippen molar-refractivity contribution in [2.45, 2.75) is 41.7 Å². The lowest BCUT2D eigenvalue weighted by atomic mass is 9.81. The fraction of sp³-hybridized carbons (Fsp3) is 0.368. The van der Waals surface area contributed by atoms with Gasteiger partial charge in [0.15, 0.2) is 0 Å². The van der Waals surface area contributed by atoms with Gasteiger partial charge in [-0.2, -0.15) is 0 Å². The maximum atomic E-state index is 11.3. The summed E-state index contributed by atoms with van der Waals surface area (Å²) in [4.78, 5) is 17.0. The third-order valence-corrected chi connectivity index (χ3v) is 6.48. The van der Waals surface area contributed by atoms with Crippen LogP contribution in [-0.2, 0) is 0 Å². The minimum Gasteiger partial charge on any atom is -0.478 e. The number of thioether (sulfide) groups is 1. The van der Waals surface area contributed by atoms with Crippen molar-refractivity contribution in [1.29, 1.82) is 0 Å². The van der Waals surface area contributed by atoms with Crippen LogP contribution in [0.4, 0.5) is 0 Å². The molecular formula is C19H19NO2S. The smallest absolute Gasteiger partial charge is 0.335 e. The molecule has 1 aliphatic heterocycles. The molecule has 1 N–H and O–H groups in total. The molecule has 4 heteroatoms. The number of aromatic nitrogens is 1. The summed E-state index contributed by atoms with van der Waals surface area (Å²) in [6.45, 7) is 0. The van der Waals surface area contributed by atoms with Gasteiger partial charge in [0, 0.05) is 17.0 Å². The second-order valence-corrected chi connectivity index (χ2v) is 7.60. The van der Waals surface area contributed by atoms with Crippen molar-refractivity contribution in [2.24, 2.45) is 5.92 Å². The first kappa shape index (κ1) is 14.8. The average Bonchev–Trinajstić information content (AvgIpc) is 3.21. The van der Waals surface area contributed by atoms with Crippen LogP contribution in [0.5, 0.6) is 0 Å². The van der Waals surface area contributed by atoms with E-state index in [1.165, 1.54) is 31.2 Å². The van der Waals surface area contributed by atoms with E-state index in [9.17, 15) is 9.90 Å². The number of hydrogen-bond donors (Lipinski definition) is 1. The van der Waals surface area contributed by atoms with Crippen molar-refractivity contribution in [1.82, 2.24) is 4.98 Å². The lowest BCUT2D eigenvalue weighted by Gasteiger charge is -2.25. The predicted molar refractivity (Wildman–Crippen MR) is 90.9 cm³/mol. The van der Waals surface area contributed by atoms with Gasteiger partial charge in [0.25, 0.3) is 0 Å². The lowest BCUT2D eigenvalue weighted by Crippen LogP contribution is -2.14. The molecule has 0 amide bonds. The van der Waals surface area contributed by atoms with Gasteiger partial charge in [0.2, 0.25) is 0 Å². The predicted octanol–water partition coefficient (Wildman–Crippen LogP) is 4.90. The molecule has 0 spiro atoms.